The number of hydrogen-bond acceptors (Lipinski definition) is 7. The molecule has 1 amide bonds. The molecule has 0 heterocycles. The van der Waals surface area contributed by atoms with E-state index < -0.39 is 29.8 Å². The van der Waals surface area contributed by atoms with Crippen LogP contribution in [0, 0.1) is 5.41 Å². The predicted octanol–water partition coefficient (Wildman–Crippen LogP) is 0.185. The van der Waals surface area contributed by atoms with Crippen LogP contribution in [0.25, 0.3) is 0 Å². The third kappa shape index (κ3) is 6.77. The summed E-state index contributed by atoms with van der Waals surface area (Å²) in [5, 5.41) is 9.33. The standard InChI is InChI=1S/C14H22N2O6/c1-9(20-2)13(18)16-12(6-3-10(17)7-15)14(19)22-8-21-11-4-5-11/h7,9,11-12,15H,3-6,8H2,1-2H3,(H,16,18)/t9-,12+/m1/s1. The Morgan fingerprint density at radius 1 is 1.36 bits per heavy atom. The van der Waals surface area contributed by atoms with Gasteiger partial charge < -0.3 is 24.9 Å². The molecule has 8 heteroatoms. The van der Waals surface area contributed by atoms with Crippen molar-refractivity contribution >= 4 is 23.9 Å². The lowest BCUT2D eigenvalue weighted by Crippen LogP contribution is -2.46. The van der Waals surface area contributed by atoms with E-state index in [9.17, 15) is 14.4 Å². The zero-order chi connectivity index (χ0) is 16.5. The molecule has 0 bridgehead atoms. The number of nitrogens with one attached hydrogen (secondary N) is 2. The molecule has 0 spiro atoms. The SMILES string of the molecule is CO[C@H](C)C(=O)N[C@@H](CCC(=O)C=N)C(=O)OCOC1CC1. The van der Waals surface area contributed by atoms with E-state index in [0.29, 0.717) is 6.21 Å². The zero-order valence-corrected chi connectivity index (χ0v) is 12.8. The van der Waals surface area contributed by atoms with Gasteiger partial charge in [0.05, 0.1) is 12.3 Å². The maximum atomic E-state index is 12.0. The molecule has 0 aromatic carbocycles. The molecule has 1 rings (SSSR count). The van der Waals surface area contributed by atoms with Gasteiger partial charge in [0, 0.05) is 13.5 Å². The Kier molecular flexibility index (Phi) is 7.69. The maximum absolute atomic E-state index is 12.0. The van der Waals surface area contributed by atoms with Crippen molar-refractivity contribution in [1.29, 1.82) is 5.41 Å². The van der Waals surface area contributed by atoms with Gasteiger partial charge in [-0.1, -0.05) is 0 Å². The highest BCUT2D eigenvalue weighted by Gasteiger charge is 2.27. The Morgan fingerprint density at radius 2 is 2.05 bits per heavy atom. The average molecular weight is 314 g/mol. The lowest BCUT2D eigenvalue weighted by molar-refractivity contribution is -0.161. The summed E-state index contributed by atoms with van der Waals surface area (Å²) in [4.78, 5) is 34.9. The van der Waals surface area contributed by atoms with E-state index in [0.717, 1.165) is 12.8 Å². The van der Waals surface area contributed by atoms with Crippen molar-refractivity contribution in [3.05, 3.63) is 0 Å². The molecule has 2 atom stereocenters. The summed E-state index contributed by atoms with van der Waals surface area (Å²) in [6.07, 6.45) is 2.03. The summed E-state index contributed by atoms with van der Waals surface area (Å²) in [6.45, 7) is 1.37. The van der Waals surface area contributed by atoms with Crippen LogP contribution < -0.4 is 5.32 Å². The monoisotopic (exact) mass is 314 g/mol. The van der Waals surface area contributed by atoms with E-state index >= 15 is 0 Å². The molecule has 1 aliphatic carbocycles. The number of Topliss-reactive ketones (excluding diaryl/α,β-unsaturated/α-hetero) is 1. The second kappa shape index (κ2) is 9.26. The molecule has 0 aromatic heterocycles. The molecule has 0 radical (unpaired) electrons. The Labute approximate surface area is 129 Å². The lowest BCUT2D eigenvalue weighted by atomic mass is 10.1. The van der Waals surface area contributed by atoms with Gasteiger partial charge in [-0.2, -0.15) is 0 Å². The Balaban J connectivity index is 2.49. The third-order valence-corrected chi connectivity index (χ3v) is 3.19. The van der Waals surface area contributed by atoms with Crippen molar-refractivity contribution in [2.24, 2.45) is 0 Å². The second-order valence-electron chi connectivity index (χ2n) is 5.04. The third-order valence-electron chi connectivity index (χ3n) is 3.19. The Morgan fingerprint density at radius 3 is 2.59 bits per heavy atom. The molecule has 22 heavy (non-hydrogen) atoms. The Bertz CT molecular complexity index is 422. The van der Waals surface area contributed by atoms with Crippen LogP contribution in [0.2, 0.25) is 0 Å². The molecular weight excluding hydrogens is 292 g/mol. The van der Waals surface area contributed by atoms with E-state index in [4.69, 9.17) is 19.6 Å². The zero-order valence-electron chi connectivity index (χ0n) is 12.8. The van der Waals surface area contributed by atoms with Gasteiger partial charge in [0.25, 0.3) is 0 Å². The topological polar surface area (TPSA) is 115 Å². The lowest BCUT2D eigenvalue weighted by Gasteiger charge is -2.19. The summed E-state index contributed by atoms with van der Waals surface area (Å²) in [6, 6.07) is -0.975. The smallest absolute Gasteiger partial charge is 0.330 e. The summed E-state index contributed by atoms with van der Waals surface area (Å²) in [5.41, 5.74) is 0. The fourth-order valence-electron chi connectivity index (χ4n) is 1.53. The number of carbonyl (C=O) groups is 3. The van der Waals surface area contributed by atoms with Gasteiger partial charge in [-0.25, -0.2) is 4.79 Å². The molecule has 2 N–H and O–H groups in total. The average Bonchev–Trinajstić information content (AvgIpc) is 3.33. The number of amides is 1. The summed E-state index contributed by atoms with van der Waals surface area (Å²) < 4.78 is 15.0. The molecule has 1 aliphatic rings. The van der Waals surface area contributed by atoms with E-state index in [-0.39, 0.29) is 25.7 Å². The molecule has 1 fully saturated rings. The predicted molar refractivity (Wildman–Crippen MR) is 76.5 cm³/mol. The number of esters is 1. The molecular formula is C14H22N2O6. The summed E-state index contributed by atoms with van der Waals surface area (Å²) in [5.74, 6) is -1.58. The minimum Gasteiger partial charge on any atom is -0.437 e. The summed E-state index contributed by atoms with van der Waals surface area (Å²) in [7, 11) is 1.37. The first kappa shape index (κ1) is 18.2. The normalized spacial score (nSPS) is 16.5. The number of hydrogen-bond donors (Lipinski definition) is 2. The van der Waals surface area contributed by atoms with Crippen LogP contribution in [0.1, 0.15) is 32.6 Å². The van der Waals surface area contributed by atoms with Gasteiger partial charge in [-0.05, 0) is 26.2 Å². The van der Waals surface area contributed by atoms with Crippen LogP contribution in [0.5, 0.6) is 0 Å². The number of ether oxygens (including phenoxy) is 3. The highest BCUT2D eigenvalue weighted by atomic mass is 16.7. The van der Waals surface area contributed by atoms with E-state index in [2.05, 4.69) is 5.32 Å². The molecule has 8 nitrogen and oxygen atoms in total. The molecule has 1 saturated carbocycles. The molecule has 0 unspecified atom stereocenters. The molecule has 0 saturated heterocycles. The van der Waals surface area contributed by atoms with Gasteiger partial charge >= 0.3 is 5.97 Å². The Hall–Kier alpha value is -1.80. The number of methoxy groups -OCH3 is 1. The van der Waals surface area contributed by atoms with Crippen LogP contribution in [-0.4, -0.2) is 56.0 Å². The quantitative estimate of drug-likeness (QED) is 0.319. The van der Waals surface area contributed by atoms with Gasteiger partial charge in [-0.3, -0.25) is 9.59 Å². The fourth-order valence-corrected chi connectivity index (χ4v) is 1.53. The highest BCUT2D eigenvalue weighted by molar-refractivity contribution is 6.26. The second-order valence-corrected chi connectivity index (χ2v) is 5.04. The van der Waals surface area contributed by atoms with Crippen LogP contribution in [-0.2, 0) is 28.6 Å². The van der Waals surface area contributed by atoms with Crippen molar-refractivity contribution < 1.29 is 28.6 Å². The van der Waals surface area contributed by atoms with Crippen molar-refractivity contribution in [2.45, 2.75) is 50.9 Å². The van der Waals surface area contributed by atoms with Crippen LogP contribution in [0.3, 0.4) is 0 Å². The van der Waals surface area contributed by atoms with Gasteiger partial charge in [0.2, 0.25) is 5.91 Å². The van der Waals surface area contributed by atoms with E-state index in [1.807, 2.05) is 0 Å². The van der Waals surface area contributed by atoms with E-state index in [1.54, 1.807) is 0 Å². The number of rotatable bonds is 11. The first-order chi connectivity index (χ1) is 10.5. The minimum absolute atomic E-state index is 0.0333. The van der Waals surface area contributed by atoms with Crippen molar-refractivity contribution in [3.8, 4) is 0 Å². The van der Waals surface area contributed by atoms with Gasteiger partial charge in [-0.15, -0.1) is 0 Å². The van der Waals surface area contributed by atoms with Crippen LogP contribution >= 0.6 is 0 Å². The maximum Gasteiger partial charge on any atom is 0.330 e. The molecule has 124 valence electrons. The molecule has 0 aromatic rings. The number of ketones is 1. The van der Waals surface area contributed by atoms with Crippen LogP contribution in [0.15, 0.2) is 0 Å². The fraction of sp³-hybridized carbons (Fsp3) is 0.714. The van der Waals surface area contributed by atoms with E-state index in [1.165, 1.54) is 14.0 Å². The number of carbonyl (C=O) groups excluding carboxylic acids is 3. The van der Waals surface area contributed by atoms with Gasteiger partial charge in [0.1, 0.15) is 12.1 Å². The van der Waals surface area contributed by atoms with Crippen LogP contribution in [0.4, 0.5) is 0 Å². The first-order valence-corrected chi connectivity index (χ1v) is 7.12. The minimum atomic E-state index is -0.975. The van der Waals surface area contributed by atoms with Gasteiger partial charge in [0.15, 0.2) is 12.6 Å². The largest absolute Gasteiger partial charge is 0.437 e. The first-order valence-electron chi connectivity index (χ1n) is 7.12. The van der Waals surface area contributed by atoms with Crippen molar-refractivity contribution in [1.82, 2.24) is 5.32 Å². The van der Waals surface area contributed by atoms with Crippen molar-refractivity contribution in [3.63, 3.8) is 0 Å². The van der Waals surface area contributed by atoms with Crippen molar-refractivity contribution in [2.75, 3.05) is 13.9 Å². The molecule has 0 aliphatic heterocycles. The highest BCUT2D eigenvalue weighted by Crippen LogP contribution is 2.23. The summed E-state index contributed by atoms with van der Waals surface area (Å²) >= 11 is 0.